The van der Waals surface area contributed by atoms with Crippen LogP contribution in [0.1, 0.15) is 33.9 Å². The lowest BCUT2D eigenvalue weighted by Crippen LogP contribution is -2.50. The second-order valence-electron chi connectivity index (χ2n) is 6.31. The van der Waals surface area contributed by atoms with Gasteiger partial charge in [0.05, 0.1) is 31.1 Å². The zero-order valence-electron chi connectivity index (χ0n) is 14.6. The molecule has 3 aromatic heterocycles. The van der Waals surface area contributed by atoms with Gasteiger partial charge in [0, 0.05) is 29.9 Å². The van der Waals surface area contributed by atoms with Gasteiger partial charge in [-0.15, -0.1) is 11.3 Å². The monoisotopic (exact) mass is 376 g/mol. The molecule has 0 spiro atoms. The Morgan fingerprint density at radius 1 is 1.50 bits per heavy atom. The van der Waals surface area contributed by atoms with Crippen LogP contribution in [0.5, 0.6) is 0 Å². The first kappa shape index (κ1) is 17.2. The molecule has 4 rings (SSSR count). The largest absolute Gasteiger partial charge is 0.379 e. The smallest absolute Gasteiger partial charge is 0.271 e. The van der Waals surface area contributed by atoms with Crippen LogP contribution in [0.15, 0.2) is 22.3 Å². The standard InChI is InChI=1S/C17H20N4O4S/c1-10-12(11(2)25-20-10)8-24-15-3-5-23-9-14(15)18-16(22)13-7-21-4-6-26-17(21)19-13/h4,6-7,14-15H,3,5,8-9H2,1-2H3,(H,18,22)/t14-,15+/m0/s1. The normalized spacial score (nSPS) is 20.5. The third-order valence-electron chi connectivity index (χ3n) is 4.56. The van der Waals surface area contributed by atoms with Crippen molar-refractivity contribution in [3.63, 3.8) is 0 Å². The number of nitrogens with zero attached hydrogens (tertiary/aromatic N) is 3. The van der Waals surface area contributed by atoms with Crippen LogP contribution in [-0.2, 0) is 16.1 Å². The average Bonchev–Trinajstić information content (AvgIpc) is 3.30. The van der Waals surface area contributed by atoms with Crippen LogP contribution in [0.4, 0.5) is 0 Å². The number of aryl methyl sites for hydroxylation is 2. The Labute approximate surface area is 154 Å². The second-order valence-corrected chi connectivity index (χ2v) is 7.19. The van der Waals surface area contributed by atoms with Gasteiger partial charge in [0.1, 0.15) is 11.5 Å². The molecular weight excluding hydrogens is 356 g/mol. The second kappa shape index (κ2) is 7.18. The Hall–Kier alpha value is -2.23. The number of carbonyl (C=O) groups is 1. The molecule has 1 amide bonds. The van der Waals surface area contributed by atoms with E-state index in [9.17, 15) is 4.79 Å². The average molecular weight is 376 g/mol. The number of nitrogens with one attached hydrogen (secondary N) is 1. The number of fused-ring (bicyclic) bond motifs is 1. The van der Waals surface area contributed by atoms with Gasteiger partial charge in [-0.2, -0.15) is 0 Å². The molecule has 3 aromatic rings. The molecule has 8 nitrogen and oxygen atoms in total. The van der Waals surface area contributed by atoms with E-state index in [4.69, 9.17) is 14.0 Å². The molecule has 1 aliphatic rings. The summed E-state index contributed by atoms with van der Waals surface area (Å²) < 4.78 is 18.6. The summed E-state index contributed by atoms with van der Waals surface area (Å²) in [7, 11) is 0. The van der Waals surface area contributed by atoms with Crippen molar-refractivity contribution in [2.24, 2.45) is 0 Å². The number of aromatic nitrogens is 3. The number of ether oxygens (including phenoxy) is 2. The van der Waals surface area contributed by atoms with Crippen molar-refractivity contribution in [2.75, 3.05) is 13.2 Å². The molecule has 138 valence electrons. The topological polar surface area (TPSA) is 90.9 Å². The minimum atomic E-state index is -0.226. The van der Waals surface area contributed by atoms with Crippen LogP contribution >= 0.6 is 11.3 Å². The highest BCUT2D eigenvalue weighted by Gasteiger charge is 2.29. The summed E-state index contributed by atoms with van der Waals surface area (Å²) in [4.78, 5) is 17.7. The number of carbonyl (C=O) groups excluding carboxylic acids is 1. The summed E-state index contributed by atoms with van der Waals surface area (Å²) in [6.07, 6.45) is 4.19. The van der Waals surface area contributed by atoms with Crippen LogP contribution in [0.2, 0.25) is 0 Å². The van der Waals surface area contributed by atoms with Gasteiger partial charge in [0.15, 0.2) is 4.96 Å². The maximum atomic E-state index is 12.5. The molecule has 1 N–H and O–H groups in total. The molecule has 0 aromatic carbocycles. The van der Waals surface area contributed by atoms with Gasteiger partial charge in [-0.05, 0) is 20.3 Å². The highest BCUT2D eigenvalue weighted by atomic mass is 32.1. The van der Waals surface area contributed by atoms with Crippen LogP contribution in [0.3, 0.4) is 0 Å². The summed E-state index contributed by atoms with van der Waals surface area (Å²) >= 11 is 1.49. The van der Waals surface area contributed by atoms with Crippen LogP contribution in [0.25, 0.3) is 4.96 Å². The lowest BCUT2D eigenvalue weighted by molar-refractivity contribution is -0.0608. The molecule has 0 saturated carbocycles. The molecule has 0 bridgehead atoms. The molecule has 9 heteroatoms. The lowest BCUT2D eigenvalue weighted by Gasteiger charge is -2.31. The predicted octanol–water partition coefficient (Wildman–Crippen LogP) is 2.10. The Morgan fingerprint density at radius 2 is 2.38 bits per heavy atom. The summed E-state index contributed by atoms with van der Waals surface area (Å²) in [5.41, 5.74) is 2.18. The fourth-order valence-electron chi connectivity index (χ4n) is 3.03. The van der Waals surface area contributed by atoms with Crippen molar-refractivity contribution in [1.29, 1.82) is 0 Å². The molecule has 0 radical (unpaired) electrons. The molecule has 26 heavy (non-hydrogen) atoms. The van der Waals surface area contributed by atoms with Gasteiger partial charge >= 0.3 is 0 Å². The summed E-state index contributed by atoms with van der Waals surface area (Å²) in [5.74, 6) is 0.538. The molecule has 1 aliphatic heterocycles. The fraction of sp³-hybridized carbons (Fsp3) is 0.471. The Kier molecular flexibility index (Phi) is 4.75. The van der Waals surface area contributed by atoms with Gasteiger partial charge in [-0.25, -0.2) is 4.98 Å². The zero-order chi connectivity index (χ0) is 18.1. The maximum Gasteiger partial charge on any atom is 0.271 e. The van der Waals surface area contributed by atoms with Crippen molar-refractivity contribution in [2.45, 2.75) is 39.0 Å². The van der Waals surface area contributed by atoms with Crippen molar-refractivity contribution in [3.8, 4) is 0 Å². The lowest BCUT2D eigenvalue weighted by atomic mass is 10.1. The van der Waals surface area contributed by atoms with E-state index >= 15 is 0 Å². The first-order valence-electron chi connectivity index (χ1n) is 8.46. The quantitative estimate of drug-likeness (QED) is 0.733. The van der Waals surface area contributed by atoms with E-state index in [1.54, 1.807) is 6.20 Å². The number of thiazole rings is 1. The van der Waals surface area contributed by atoms with Crippen molar-refractivity contribution < 1.29 is 18.8 Å². The van der Waals surface area contributed by atoms with Crippen LogP contribution in [0, 0.1) is 13.8 Å². The van der Waals surface area contributed by atoms with E-state index in [0.29, 0.717) is 31.9 Å². The molecule has 2 atom stereocenters. The number of hydrogen-bond donors (Lipinski definition) is 1. The minimum absolute atomic E-state index is 0.134. The van der Waals surface area contributed by atoms with Crippen molar-refractivity contribution in [3.05, 3.63) is 40.5 Å². The van der Waals surface area contributed by atoms with E-state index in [1.165, 1.54) is 11.3 Å². The molecule has 1 fully saturated rings. The molecule has 1 saturated heterocycles. The Balaban J connectivity index is 1.41. The van der Waals surface area contributed by atoms with Crippen molar-refractivity contribution >= 4 is 22.2 Å². The van der Waals surface area contributed by atoms with Crippen molar-refractivity contribution in [1.82, 2.24) is 19.9 Å². The Bertz CT molecular complexity index is 867. The van der Waals surface area contributed by atoms with Gasteiger partial charge in [-0.1, -0.05) is 5.16 Å². The SMILES string of the molecule is Cc1noc(C)c1CO[C@@H]1CCOC[C@@H]1NC(=O)c1cn2ccsc2n1. The molecular formula is C17H20N4O4S. The Morgan fingerprint density at radius 3 is 3.15 bits per heavy atom. The van der Waals surface area contributed by atoms with E-state index in [-0.39, 0.29) is 18.1 Å². The third kappa shape index (κ3) is 3.37. The fourth-order valence-corrected chi connectivity index (χ4v) is 3.73. The van der Waals surface area contributed by atoms with Gasteiger partial charge in [0.2, 0.25) is 0 Å². The predicted molar refractivity (Wildman–Crippen MR) is 94.3 cm³/mol. The van der Waals surface area contributed by atoms with Gasteiger partial charge in [0.25, 0.3) is 5.91 Å². The van der Waals surface area contributed by atoms with Gasteiger partial charge in [-0.3, -0.25) is 9.20 Å². The van der Waals surface area contributed by atoms with E-state index in [2.05, 4.69) is 15.5 Å². The minimum Gasteiger partial charge on any atom is -0.379 e. The number of imidazole rings is 1. The first-order chi connectivity index (χ1) is 12.6. The van der Waals surface area contributed by atoms with Crippen LogP contribution in [-0.4, -0.2) is 45.8 Å². The highest BCUT2D eigenvalue weighted by Crippen LogP contribution is 2.19. The molecule has 0 aliphatic carbocycles. The maximum absolute atomic E-state index is 12.5. The zero-order valence-corrected chi connectivity index (χ0v) is 15.4. The third-order valence-corrected chi connectivity index (χ3v) is 5.33. The van der Waals surface area contributed by atoms with Crippen LogP contribution < -0.4 is 5.32 Å². The van der Waals surface area contributed by atoms with E-state index in [0.717, 1.165) is 22.0 Å². The summed E-state index contributed by atoms with van der Waals surface area (Å²) in [6.45, 7) is 5.19. The number of rotatable bonds is 5. The number of hydrogen-bond acceptors (Lipinski definition) is 7. The van der Waals surface area contributed by atoms with Gasteiger partial charge < -0.3 is 19.3 Å². The number of amides is 1. The molecule has 4 heterocycles. The summed E-state index contributed by atoms with van der Waals surface area (Å²) in [5, 5.41) is 8.87. The van der Waals surface area contributed by atoms with E-state index < -0.39 is 0 Å². The summed E-state index contributed by atoms with van der Waals surface area (Å²) in [6, 6.07) is -0.226. The highest BCUT2D eigenvalue weighted by molar-refractivity contribution is 7.15. The van der Waals surface area contributed by atoms with E-state index in [1.807, 2.05) is 29.8 Å². The molecule has 0 unspecified atom stereocenters. The first-order valence-corrected chi connectivity index (χ1v) is 9.34.